The molecule has 0 amide bonds. The monoisotopic (exact) mass is 332 g/mol. The van der Waals surface area contributed by atoms with Crippen LogP contribution in [0.15, 0.2) is 29.8 Å². The van der Waals surface area contributed by atoms with Crippen LogP contribution in [0.25, 0.3) is 0 Å². The van der Waals surface area contributed by atoms with Crippen LogP contribution in [0, 0.1) is 5.41 Å². The summed E-state index contributed by atoms with van der Waals surface area (Å²) in [7, 11) is 1.80. The number of hydrogen-bond acceptors (Lipinski definition) is 3. The van der Waals surface area contributed by atoms with Gasteiger partial charge in [0, 0.05) is 19.6 Å². The van der Waals surface area contributed by atoms with Gasteiger partial charge in [0.15, 0.2) is 0 Å². The van der Waals surface area contributed by atoms with Crippen molar-refractivity contribution in [3.8, 4) is 11.5 Å². The van der Waals surface area contributed by atoms with Crippen LogP contribution in [0.1, 0.15) is 53.0 Å². The molecule has 2 atom stereocenters. The molecule has 0 saturated carbocycles. The Kier molecular flexibility index (Phi) is 6.34. The van der Waals surface area contributed by atoms with Gasteiger partial charge in [-0.15, -0.1) is 0 Å². The van der Waals surface area contributed by atoms with E-state index in [0.29, 0.717) is 6.61 Å². The molecule has 0 spiro atoms. The third-order valence-electron chi connectivity index (χ3n) is 4.61. The molecule has 0 N–H and O–H groups in total. The van der Waals surface area contributed by atoms with Gasteiger partial charge >= 0.3 is 0 Å². The van der Waals surface area contributed by atoms with Crippen molar-refractivity contribution in [2.24, 2.45) is 5.41 Å². The van der Waals surface area contributed by atoms with Gasteiger partial charge in [0.1, 0.15) is 24.2 Å². The molecule has 0 bridgehead atoms. The zero-order valence-corrected chi connectivity index (χ0v) is 16.0. The molecule has 0 aromatic heterocycles. The Morgan fingerprint density at radius 3 is 2.79 bits per heavy atom. The lowest BCUT2D eigenvalue weighted by molar-refractivity contribution is 0.0110. The lowest BCUT2D eigenvalue weighted by Gasteiger charge is -2.29. The van der Waals surface area contributed by atoms with Crippen molar-refractivity contribution in [3.63, 3.8) is 0 Å². The van der Waals surface area contributed by atoms with Crippen LogP contribution in [0.5, 0.6) is 11.5 Å². The molecule has 1 aromatic rings. The van der Waals surface area contributed by atoms with E-state index in [9.17, 15) is 0 Å². The van der Waals surface area contributed by atoms with Gasteiger partial charge in [0.2, 0.25) is 0 Å². The zero-order chi connectivity index (χ0) is 17.7. The van der Waals surface area contributed by atoms with Crippen LogP contribution in [0.3, 0.4) is 0 Å². The van der Waals surface area contributed by atoms with Gasteiger partial charge in [-0.3, -0.25) is 0 Å². The molecule has 24 heavy (non-hydrogen) atoms. The average molecular weight is 332 g/mol. The summed E-state index contributed by atoms with van der Waals surface area (Å²) in [6, 6.07) is 6.14. The van der Waals surface area contributed by atoms with Crippen LogP contribution in [0.2, 0.25) is 0 Å². The summed E-state index contributed by atoms with van der Waals surface area (Å²) < 4.78 is 17.2. The molecule has 1 aliphatic heterocycles. The predicted molar refractivity (Wildman–Crippen MR) is 99.0 cm³/mol. The molecule has 3 heteroatoms. The van der Waals surface area contributed by atoms with Gasteiger partial charge in [-0.1, -0.05) is 32.4 Å². The first-order valence-corrected chi connectivity index (χ1v) is 8.90. The van der Waals surface area contributed by atoms with E-state index in [0.717, 1.165) is 30.8 Å². The minimum Gasteiger partial charge on any atom is -0.490 e. The third kappa shape index (κ3) is 5.27. The fourth-order valence-electron chi connectivity index (χ4n) is 3.12. The lowest BCUT2D eigenvalue weighted by atomic mass is 9.85. The van der Waals surface area contributed by atoms with Crippen molar-refractivity contribution >= 4 is 0 Å². The summed E-state index contributed by atoms with van der Waals surface area (Å²) in [5.41, 5.74) is 2.79. The molecule has 1 heterocycles. The van der Waals surface area contributed by atoms with Gasteiger partial charge < -0.3 is 14.2 Å². The highest BCUT2D eigenvalue weighted by Gasteiger charge is 2.23. The highest BCUT2D eigenvalue weighted by atomic mass is 16.5. The Hall–Kier alpha value is -1.48. The summed E-state index contributed by atoms with van der Waals surface area (Å²) in [6.45, 7) is 11.5. The van der Waals surface area contributed by atoms with E-state index in [1.54, 1.807) is 7.11 Å². The summed E-state index contributed by atoms with van der Waals surface area (Å²) >= 11 is 0. The standard InChI is InChI=1S/C21H32O3/c1-15(7-10-20(22-6)21(3,4)5)11-12-23-18-9-8-17-13-16(2)24-19(17)14-18/h8-9,11,14,16,20H,7,10,12-13H2,1-6H3. The molecular formula is C21H32O3. The van der Waals surface area contributed by atoms with Crippen molar-refractivity contribution in [2.75, 3.05) is 13.7 Å². The maximum atomic E-state index is 5.85. The third-order valence-corrected chi connectivity index (χ3v) is 4.61. The first-order valence-electron chi connectivity index (χ1n) is 8.90. The van der Waals surface area contributed by atoms with Crippen LogP contribution in [-0.2, 0) is 11.2 Å². The molecule has 2 rings (SSSR count). The van der Waals surface area contributed by atoms with E-state index in [1.807, 2.05) is 12.1 Å². The fraction of sp³-hybridized carbons (Fsp3) is 0.619. The second-order valence-corrected chi connectivity index (χ2v) is 7.89. The van der Waals surface area contributed by atoms with E-state index >= 15 is 0 Å². The topological polar surface area (TPSA) is 27.7 Å². The summed E-state index contributed by atoms with van der Waals surface area (Å²) in [5, 5.41) is 0. The normalized spacial score (nSPS) is 18.9. The largest absolute Gasteiger partial charge is 0.490 e. The number of hydrogen-bond donors (Lipinski definition) is 0. The second kappa shape index (κ2) is 8.06. The van der Waals surface area contributed by atoms with Crippen LogP contribution >= 0.6 is 0 Å². The molecule has 0 saturated heterocycles. The molecule has 1 aliphatic rings. The van der Waals surface area contributed by atoms with Gasteiger partial charge in [0.05, 0.1) is 6.10 Å². The van der Waals surface area contributed by atoms with Crippen molar-refractivity contribution in [1.82, 2.24) is 0 Å². The van der Waals surface area contributed by atoms with E-state index in [-0.39, 0.29) is 17.6 Å². The molecule has 2 unspecified atom stereocenters. The first kappa shape index (κ1) is 18.9. The van der Waals surface area contributed by atoms with Gasteiger partial charge in [-0.25, -0.2) is 0 Å². The molecule has 134 valence electrons. The van der Waals surface area contributed by atoms with Crippen molar-refractivity contribution in [2.45, 2.75) is 66.1 Å². The van der Waals surface area contributed by atoms with Crippen LogP contribution in [-0.4, -0.2) is 25.9 Å². The Bertz CT molecular complexity index is 569. The fourth-order valence-corrected chi connectivity index (χ4v) is 3.12. The van der Waals surface area contributed by atoms with Gasteiger partial charge in [0.25, 0.3) is 0 Å². The minimum atomic E-state index is 0.174. The molecule has 0 aliphatic carbocycles. The Morgan fingerprint density at radius 2 is 2.12 bits per heavy atom. The molecule has 3 nitrogen and oxygen atoms in total. The minimum absolute atomic E-state index is 0.174. The lowest BCUT2D eigenvalue weighted by Crippen LogP contribution is -2.28. The predicted octanol–water partition coefficient (Wildman–Crippen LogP) is 5.18. The van der Waals surface area contributed by atoms with E-state index < -0.39 is 0 Å². The van der Waals surface area contributed by atoms with Crippen molar-refractivity contribution < 1.29 is 14.2 Å². The smallest absolute Gasteiger partial charge is 0.126 e. The quantitative estimate of drug-likeness (QED) is 0.644. The van der Waals surface area contributed by atoms with E-state index in [2.05, 4.69) is 46.8 Å². The Morgan fingerprint density at radius 1 is 1.38 bits per heavy atom. The first-order chi connectivity index (χ1) is 11.3. The molecule has 0 fully saturated rings. The van der Waals surface area contributed by atoms with E-state index in [1.165, 1.54) is 11.1 Å². The Balaban J connectivity index is 1.80. The molecular weight excluding hydrogens is 300 g/mol. The van der Waals surface area contributed by atoms with Crippen molar-refractivity contribution in [3.05, 3.63) is 35.4 Å². The van der Waals surface area contributed by atoms with Crippen LogP contribution < -0.4 is 9.47 Å². The van der Waals surface area contributed by atoms with E-state index in [4.69, 9.17) is 14.2 Å². The summed E-state index contributed by atoms with van der Waals surface area (Å²) in [5.74, 6) is 1.84. The zero-order valence-electron chi connectivity index (χ0n) is 16.0. The van der Waals surface area contributed by atoms with Gasteiger partial charge in [-0.2, -0.15) is 0 Å². The number of methoxy groups -OCH3 is 1. The number of fused-ring (bicyclic) bond motifs is 1. The number of ether oxygens (including phenoxy) is 3. The number of benzene rings is 1. The Labute approximate surface area is 147 Å². The van der Waals surface area contributed by atoms with Gasteiger partial charge in [-0.05, 0) is 49.8 Å². The van der Waals surface area contributed by atoms with Crippen molar-refractivity contribution in [1.29, 1.82) is 0 Å². The number of allylic oxidation sites excluding steroid dienone is 1. The summed E-state index contributed by atoms with van der Waals surface area (Å²) in [4.78, 5) is 0. The number of rotatable bonds is 7. The maximum Gasteiger partial charge on any atom is 0.126 e. The SMILES string of the molecule is COC(CCC(C)=CCOc1ccc2c(c1)OC(C)C2)C(C)(C)C. The molecule has 1 aromatic carbocycles. The van der Waals surface area contributed by atoms with Crippen LogP contribution in [0.4, 0.5) is 0 Å². The molecule has 0 radical (unpaired) electrons. The maximum absolute atomic E-state index is 5.85. The second-order valence-electron chi connectivity index (χ2n) is 7.89. The average Bonchev–Trinajstić information content (AvgIpc) is 2.85. The summed E-state index contributed by atoms with van der Waals surface area (Å²) in [6.07, 6.45) is 5.76. The highest BCUT2D eigenvalue weighted by molar-refractivity contribution is 5.43. The highest BCUT2D eigenvalue weighted by Crippen LogP contribution is 2.32.